The lowest BCUT2D eigenvalue weighted by molar-refractivity contribution is 0.0533. The van der Waals surface area contributed by atoms with Crippen molar-refractivity contribution in [2.24, 2.45) is 0 Å². The van der Waals surface area contributed by atoms with Crippen LogP contribution in [0.4, 0.5) is 0 Å². The molecule has 0 aromatic carbocycles. The zero-order chi connectivity index (χ0) is 11.7. The normalized spacial score (nSPS) is 10.9. The van der Waals surface area contributed by atoms with Gasteiger partial charge in [-0.3, -0.25) is 0 Å². The fourth-order valence-electron chi connectivity index (χ4n) is 1.38. The quantitative estimate of drug-likeness (QED) is 0.677. The Balaban J connectivity index is 2.58. The van der Waals surface area contributed by atoms with E-state index in [1.807, 2.05) is 6.26 Å². The van der Waals surface area contributed by atoms with Gasteiger partial charge in [0.25, 0.3) is 0 Å². The van der Waals surface area contributed by atoms with Crippen LogP contribution in [0, 0.1) is 0 Å². The molecule has 0 unspecified atom stereocenters. The topological polar surface area (TPSA) is 59.7 Å². The number of hydrogen-bond acceptors (Lipinski definition) is 6. The van der Waals surface area contributed by atoms with Crippen LogP contribution in [0.25, 0.3) is 11.0 Å². The molecule has 0 bridgehead atoms. The van der Waals surface area contributed by atoms with E-state index >= 15 is 0 Å². The summed E-state index contributed by atoms with van der Waals surface area (Å²) in [5.74, 6) is -0.349. The van der Waals surface area contributed by atoms with Crippen LogP contribution in [0.1, 0.15) is 16.6 Å². The maximum atomic E-state index is 11.6. The monoisotopic (exact) mass is 258 g/mol. The number of furan rings is 1. The van der Waals surface area contributed by atoms with Gasteiger partial charge < -0.3 is 14.3 Å². The number of hydrogen-bond donors (Lipinski definition) is 1. The van der Waals surface area contributed by atoms with Crippen molar-refractivity contribution in [2.75, 3.05) is 12.9 Å². The molecule has 1 N–H and O–H groups in total. The third kappa shape index (κ3) is 1.68. The van der Waals surface area contributed by atoms with Crippen molar-refractivity contribution in [1.82, 2.24) is 0 Å². The molecular formula is C10H10O4S2. The summed E-state index contributed by atoms with van der Waals surface area (Å²) in [7, 11) is 0. The van der Waals surface area contributed by atoms with Crippen LogP contribution in [-0.4, -0.2) is 23.9 Å². The Bertz CT molecular complexity index is 526. The molecule has 0 saturated heterocycles. The molecular weight excluding hydrogens is 248 g/mol. The Morgan fingerprint density at radius 2 is 2.44 bits per heavy atom. The maximum absolute atomic E-state index is 11.6. The molecule has 4 nitrogen and oxygen atoms in total. The molecule has 2 aromatic rings. The van der Waals surface area contributed by atoms with Gasteiger partial charge in [0, 0.05) is 0 Å². The van der Waals surface area contributed by atoms with Gasteiger partial charge in [0.05, 0.1) is 16.2 Å². The van der Waals surface area contributed by atoms with Crippen molar-refractivity contribution in [3.8, 4) is 5.75 Å². The lowest BCUT2D eigenvalue weighted by atomic mass is 10.3. The van der Waals surface area contributed by atoms with E-state index in [2.05, 4.69) is 0 Å². The molecule has 0 aliphatic rings. The second kappa shape index (κ2) is 4.39. The van der Waals surface area contributed by atoms with Gasteiger partial charge in [-0.25, -0.2) is 4.79 Å². The molecule has 0 spiro atoms. The summed E-state index contributed by atoms with van der Waals surface area (Å²) in [4.78, 5) is 12.0. The van der Waals surface area contributed by atoms with Crippen molar-refractivity contribution >= 4 is 40.0 Å². The zero-order valence-electron chi connectivity index (χ0n) is 8.77. The molecule has 6 heteroatoms. The zero-order valence-corrected chi connectivity index (χ0v) is 10.4. The van der Waals surface area contributed by atoms with E-state index in [9.17, 15) is 9.90 Å². The van der Waals surface area contributed by atoms with E-state index in [0.717, 1.165) is 4.21 Å². The predicted molar refractivity (Wildman–Crippen MR) is 63.5 cm³/mol. The fraction of sp³-hybridized carbons (Fsp3) is 0.300. The number of thioether (sulfide) groups is 1. The first-order valence-electron chi connectivity index (χ1n) is 4.63. The number of aromatic hydroxyl groups is 1. The van der Waals surface area contributed by atoms with E-state index in [0.29, 0.717) is 22.5 Å². The standard InChI is InChI=1S/C10H10O4S2/c1-3-13-9(12)8-7-6(5(11)4-14-7)10(15-2)16-8/h4,11H,3H2,1-2H3. The summed E-state index contributed by atoms with van der Waals surface area (Å²) < 4.78 is 11.0. The van der Waals surface area contributed by atoms with Gasteiger partial charge in [0.2, 0.25) is 0 Å². The highest BCUT2D eigenvalue weighted by atomic mass is 32.2. The van der Waals surface area contributed by atoms with Crippen LogP contribution in [-0.2, 0) is 4.74 Å². The van der Waals surface area contributed by atoms with E-state index in [1.165, 1.54) is 29.4 Å². The smallest absolute Gasteiger partial charge is 0.352 e. The largest absolute Gasteiger partial charge is 0.504 e. The molecule has 2 rings (SSSR count). The average Bonchev–Trinajstić information content (AvgIpc) is 2.80. The second-order valence-corrected chi connectivity index (χ2v) is 5.06. The van der Waals surface area contributed by atoms with Crippen LogP contribution in [0.5, 0.6) is 5.75 Å². The first-order chi connectivity index (χ1) is 7.69. The number of rotatable bonds is 3. The van der Waals surface area contributed by atoms with E-state index < -0.39 is 5.97 Å². The fourth-order valence-corrected chi connectivity index (χ4v) is 3.23. The number of fused-ring (bicyclic) bond motifs is 1. The highest BCUT2D eigenvalue weighted by Crippen LogP contribution is 2.43. The van der Waals surface area contributed by atoms with Crippen LogP contribution < -0.4 is 0 Å². The Morgan fingerprint density at radius 1 is 1.69 bits per heavy atom. The Hall–Kier alpha value is -1.14. The molecule has 0 aliphatic carbocycles. The molecule has 2 heterocycles. The van der Waals surface area contributed by atoms with E-state index in [1.54, 1.807) is 6.92 Å². The lowest BCUT2D eigenvalue weighted by Crippen LogP contribution is -2.01. The highest BCUT2D eigenvalue weighted by Gasteiger charge is 2.23. The molecule has 0 radical (unpaired) electrons. The van der Waals surface area contributed by atoms with Crippen LogP contribution in [0.3, 0.4) is 0 Å². The maximum Gasteiger partial charge on any atom is 0.352 e. The summed E-state index contributed by atoms with van der Waals surface area (Å²) in [6.45, 7) is 2.07. The van der Waals surface area contributed by atoms with Gasteiger partial charge in [-0.05, 0) is 13.2 Å². The van der Waals surface area contributed by atoms with Crippen LogP contribution >= 0.6 is 23.1 Å². The Morgan fingerprint density at radius 3 is 3.06 bits per heavy atom. The molecule has 0 fully saturated rings. The first kappa shape index (κ1) is 11.3. The summed E-state index contributed by atoms with van der Waals surface area (Å²) in [5, 5.41) is 10.2. The summed E-state index contributed by atoms with van der Waals surface area (Å²) in [6, 6.07) is 0. The second-order valence-electron chi connectivity index (χ2n) is 2.97. The molecule has 0 saturated carbocycles. The van der Waals surface area contributed by atoms with Gasteiger partial charge in [0.1, 0.15) is 6.26 Å². The van der Waals surface area contributed by atoms with Crippen LogP contribution in [0.15, 0.2) is 14.9 Å². The predicted octanol–water partition coefficient (Wildman–Crippen LogP) is 3.10. The molecule has 16 heavy (non-hydrogen) atoms. The van der Waals surface area contributed by atoms with E-state index in [-0.39, 0.29) is 5.75 Å². The number of carbonyl (C=O) groups is 1. The Labute approximate surface area is 100 Å². The third-order valence-corrected chi connectivity index (χ3v) is 4.29. The SMILES string of the molecule is CCOC(=O)c1sc(SC)c2c(O)coc12. The van der Waals surface area contributed by atoms with Crippen molar-refractivity contribution in [3.05, 3.63) is 11.1 Å². The molecule has 0 atom stereocenters. The lowest BCUT2D eigenvalue weighted by Gasteiger charge is -1.96. The molecule has 0 aliphatic heterocycles. The number of esters is 1. The van der Waals surface area contributed by atoms with Crippen molar-refractivity contribution < 1.29 is 19.1 Å². The number of thiophene rings is 1. The Kier molecular flexibility index (Phi) is 3.11. The number of ether oxygens (including phenoxy) is 1. The van der Waals surface area contributed by atoms with E-state index in [4.69, 9.17) is 9.15 Å². The van der Waals surface area contributed by atoms with Gasteiger partial charge in [0.15, 0.2) is 16.2 Å². The molecule has 2 aromatic heterocycles. The minimum atomic E-state index is -0.410. The van der Waals surface area contributed by atoms with Crippen LogP contribution in [0.2, 0.25) is 0 Å². The van der Waals surface area contributed by atoms with Gasteiger partial charge in [-0.2, -0.15) is 0 Å². The molecule has 0 amide bonds. The van der Waals surface area contributed by atoms with Crippen molar-refractivity contribution in [3.63, 3.8) is 0 Å². The van der Waals surface area contributed by atoms with Gasteiger partial charge in [-0.15, -0.1) is 23.1 Å². The highest BCUT2D eigenvalue weighted by molar-refractivity contribution is 8.00. The summed E-state index contributed by atoms with van der Waals surface area (Å²) in [5.41, 5.74) is 0.408. The van der Waals surface area contributed by atoms with Gasteiger partial charge in [-0.1, -0.05) is 0 Å². The average molecular weight is 258 g/mol. The first-order valence-corrected chi connectivity index (χ1v) is 6.67. The summed E-state index contributed by atoms with van der Waals surface area (Å²) in [6.07, 6.45) is 3.12. The van der Waals surface area contributed by atoms with Crippen molar-refractivity contribution in [2.45, 2.75) is 11.1 Å². The molecule has 86 valence electrons. The third-order valence-electron chi connectivity index (χ3n) is 2.02. The minimum absolute atomic E-state index is 0.0612. The minimum Gasteiger partial charge on any atom is -0.504 e. The van der Waals surface area contributed by atoms with Crippen molar-refractivity contribution in [1.29, 1.82) is 0 Å². The number of carbonyl (C=O) groups excluding carboxylic acids is 1. The summed E-state index contributed by atoms with van der Waals surface area (Å²) >= 11 is 2.74. The van der Waals surface area contributed by atoms with Gasteiger partial charge >= 0.3 is 5.97 Å².